The van der Waals surface area contributed by atoms with E-state index in [1.807, 2.05) is 18.2 Å². The molecule has 6 nitrogen and oxygen atoms in total. The predicted molar refractivity (Wildman–Crippen MR) is 90.7 cm³/mol. The van der Waals surface area contributed by atoms with Gasteiger partial charge >= 0.3 is 6.03 Å². The van der Waals surface area contributed by atoms with E-state index in [-0.39, 0.29) is 18.0 Å². The number of carbonyl (C=O) groups is 2. The van der Waals surface area contributed by atoms with Crippen LogP contribution in [0.4, 0.5) is 16.2 Å². The first-order valence-corrected chi connectivity index (χ1v) is 8.35. The summed E-state index contributed by atoms with van der Waals surface area (Å²) < 4.78 is 0. The van der Waals surface area contributed by atoms with Crippen LogP contribution in [0.25, 0.3) is 0 Å². The summed E-state index contributed by atoms with van der Waals surface area (Å²) in [6.07, 6.45) is 4.48. The lowest BCUT2D eigenvalue weighted by atomic mass is 10.2. The van der Waals surface area contributed by atoms with Crippen LogP contribution in [0, 0.1) is 0 Å². The Labute approximate surface area is 136 Å². The third kappa shape index (κ3) is 4.37. The van der Waals surface area contributed by atoms with Gasteiger partial charge in [-0.2, -0.15) is 0 Å². The van der Waals surface area contributed by atoms with Crippen molar-refractivity contribution in [3.63, 3.8) is 0 Å². The van der Waals surface area contributed by atoms with Crippen molar-refractivity contribution in [2.75, 3.05) is 23.3 Å². The van der Waals surface area contributed by atoms with E-state index in [1.165, 1.54) is 12.8 Å². The van der Waals surface area contributed by atoms with E-state index in [4.69, 9.17) is 0 Å². The quantitative estimate of drug-likeness (QED) is 0.778. The molecule has 1 unspecified atom stereocenters. The van der Waals surface area contributed by atoms with Crippen LogP contribution < -0.4 is 20.9 Å². The van der Waals surface area contributed by atoms with E-state index in [1.54, 1.807) is 6.92 Å². The fourth-order valence-corrected chi connectivity index (χ4v) is 2.72. The van der Waals surface area contributed by atoms with Crippen LogP contribution in [0.1, 0.15) is 32.6 Å². The molecule has 6 heteroatoms. The van der Waals surface area contributed by atoms with Crippen LogP contribution in [0.3, 0.4) is 0 Å². The van der Waals surface area contributed by atoms with E-state index in [0.29, 0.717) is 0 Å². The molecule has 3 N–H and O–H groups in total. The summed E-state index contributed by atoms with van der Waals surface area (Å²) in [6.45, 7) is 3.82. The Morgan fingerprint density at radius 2 is 1.96 bits per heavy atom. The molecule has 124 valence electrons. The van der Waals surface area contributed by atoms with Crippen LogP contribution in [-0.2, 0) is 4.79 Å². The molecule has 1 saturated heterocycles. The van der Waals surface area contributed by atoms with Gasteiger partial charge in [-0.25, -0.2) is 4.79 Å². The van der Waals surface area contributed by atoms with E-state index < -0.39 is 6.04 Å². The van der Waals surface area contributed by atoms with Crippen LogP contribution in [-0.4, -0.2) is 37.1 Å². The number of benzene rings is 1. The molecule has 1 aromatic carbocycles. The number of hydrogen-bond donors (Lipinski definition) is 3. The minimum absolute atomic E-state index is 0.213. The Balaban J connectivity index is 1.53. The van der Waals surface area contributed by atoms with Gasteiger partial charge in [-0.3, -0.25) is 4.79 Å². The smallest absolute Gasteiger partial charge is 0.315 e. The fraction of sp³-hybridized carbons (Fsp3) is 0.529. The highest BCUT2D eigenvalue weighted by Gasteiger charge is 2.25. The van der Waals surface area contributed by atoms with Crippen molar-refractivity contribution in [3.05, 3.63) is 24.3 Å². The number of nitrogens with zero attached hydrogens (tertiary/aromatic N) is 1. The van der Waals surface area contributed by atoms with Crippen molar-refractivity contribution in [2.24, 2.45) is 0 Å². The minimum Gasteiger partial charge on any atom is -0.371 e. The summed E-state index contributed by atoms with van der Waals surface area (Å²) in [4.78, 5) is 26.2. The molecule has 0 bridgehead atoms. The van der Waals surface area contributed by atoms with E-state index >= 15 is 0 Å². The highest BCUT2D eigenvalue weighted by atomic mass is 16.2. The molecule has 0 aromatic heterocycles. The molecule has 1 saturated carbocycles. The molecule has 2 aliphatic rings. The zero-order chi connectivity index (χ0) is 16.2. The number of hydrogen-bond acceptors (Lipinski definition) is 3. The molecule has 1 aromatic rings. The Kier molecular flexibility index (Phi) is 4.69. The maximum atomic E-state index is 12.2. The number of anilines is 2. The van der Waals surface area contributed by atoms with Crippen molar-refractivity contribution in [2.45, 2.75) is 44.7 Å². The van der Waals surface area contributed by atoms with Crippen molar-refractivity contribution in [3.8, 4) is 0 Å². The van der Waals surface area contributed by atoms with Crippen LogP contribution >= 0.6 is 0 Å². The van der Waals surface area contributed by atoms with Gasteiger partial charge < -0.3 is 20.9 Å². The van der Waals surface area contributed by atoms with Crippen molar-refractivity contribution >= 4 is 23.3 Å². The minimum atomic E-state index is -0.579. The standard InChI is InChI=1S/C17H24N4O2/c1-12(18-17(23)20-13-7-8-13)16(22)19-14-5-4-6-15(11-14)21-9-2-3-10-21/h4-6,11-13H,2-3,7-10H2,1H3,(H,19,22)(H2,18,20,23). The lowest BCUT2D eigenvalue weighted by Crippen LogP contribution is -2.46. The monoisotopic (exact) mass is 316 g/mol. The lowest BCUT2D eigenvalue weighted by molar-refractivity contribution is -0.117. The van der Waals surface area contributed by atoms with Crippen molar-refractivity contribution in [1.29, 1.82) is 0 Å². The SMILES string of the molecule is CC(NC(=O)NC1CC1)C(=O)Nc1cccc(N2CCCC2)c1. The Morgan fingerprint density at radius 3 is 2.65 bits per heavy atom. The maximum absolute atomic E-state index is 12.2. The van der Waals surface area contributed by atoms with Gasteiger partial charge in [-0.05, 0) is 50.8 Å². The van der Waals surface area contributed by atoms with Crippen LogP contribution in [0.5, 0.6) is 0 Å². The molecule has 1 heterocycles. The first kappa shape index (κ1) is 15.6. The van der Waals surface area contributed by atoms with Crippen LogP contribution in [0.15, 0.2) is 24.3 Å². The van der Waals surface area contributed by atoms with E-state index in [9.17, 15) is 9.59 Å². The van der Waals surface area contributed by atoms with Gasteiger partial charge in [0.1, 0.15) is 6.04 Å². The van der Waals surface area contributed by atoms with Crippen LogP contribution in [0.2, 0.25) is 0 Å². The summed E-state index contributed by atoms with van der Waals surface area (Å²) in [6, 6.07) is 7.29. The van der Waals surface area contributed by atoms with Gasteiger partial charge in [-0.1, -0.05) is 6.07 Å². The van der Waals surface area contributed by atoms with Gasteiger partial charge in [-0.15, -0.1) is 0 Å². The molecule has 1 atom stereocenters. The summed E-state index contributed by atoms with van der Waals surface area (Å²) in [5.41, 5.74) is 1.89. The third-order valence-corrected chi connectivity index (χ3v) is 4.24. The predicted octanol–water partition coefficient (Wildman–Crippen LogP) is 2.08. The molecule has 2 fully saturated rings. The first-order valence-electron chi connectivity index (χ1n) is 8.35. The number of amides is 3. The molecular formula is C17H24N4O2. The Hall–Kier alpha value is -2.24. The first-order chi connectivity index (χ1) is 11.1. The normalized spacial score (nSPS) is 18.4. The molecular weight excluding hydrogens is 292 g/mol. The van der Waals surface area contributed by atoms with Gasteiger partial charge in [0, 0.05) is 30.5 Å². The summed E-state index contributed by atoms with van der Waals surface area (Å²) in [5, 5.41) is 8.35. The van der Waals surface area contributed by atoms with Gasteiger partial charge in [0.2, 0.25) is 5.91 Å². The maximum Gasteiger partial charge on any atom is 0.315 e. The molecule has 0 spiro atoms. The van der Waals surface area contributed by atoms with Gasteiger partial charge in [0.15, 0.2) is 0 Å². The molecule has 3 amide bonds. The van der Waals surface area contributed by atoms with Crippen molar-refractivity contribution < 1.29 is 9.59 Å². The third-order valence-electron chi connectivity index (χ3n) is 4.24. The molecule has 0 radical (unpaired) electrons. The number of carbonyl (C=O) groups excluding carboxylic acids is 2. The van der Waals surface area contributed by atoms with E-state index in [0.717, 1.165) is 37.3 Å². The summed E-state index contributed by atoms with van der Waals surface area (Å²) in [7, 11) is 0. The number of rotatable bonds is 5. The largest absolute Gasteiger partial charge is 0.371 e. The highest BCUT2D eigenvalue weighted by molar-refractivity contribution is 5.97. The number of nitrogens with one attached hydrogen (secondary N) is 3. The average Bonchev–Trinajstić information content (AvgIpc) is 3.16. The molecule has 1 aliphatic heterocycles. The zero-order valence-corrected chi connectivity index (χ0v) is 13.5. The molecule has 3 rings (SSSR count). The fourth-order valence-electron chi connectivity index (χ4n) is 2.72. The van der Waals surface area contributed by atoms with Gasteiger partial charge in [0.25, 0.3) is 0 Å². The molecule has 23 heavy (non-hydrogen) atoms. The topological polar surface area (TPSA) is 73.5 Å². The Morgan fingerprint density at radius 1 is 1.22 bits per heavy atom. The highest BCUT2D eigenvalue weighted by Crippen LogP contribution is 2.23. The zero-order valence-electron chi connectivity index (χ0n) is 13.5. The van der Waals surface area contributed by atoms with E-state index in [2.05, 4.69) is 26.9 Å². The number of urea groups is 1. The Bertz CT molecular complexity index is 580. The second kappa shape index (κ2) is 6.89. The summed E-state index contributed by atoms with van der Waals surface area (Å²) >= 11 is 0. The van der Waals surface area contributed by atoms with Crippen molar-refractivity contribution in [1.82, 2.24) is 10.6 Å². The average molecular weight is 316 g/mol. The van der Waals surface area contributed by atoms with Gasteiger partial charge in [0.05, 0.1) is 0 Å². The lowest BCUT2D eigenvalue weighted by Gasteiger charge is -2.19. The summed E-state index contributed by atoms with van der Waals surface area (Å²) in [5.74, 6) is -0.213. The molecule has 1 aliphatic carbocycles. The second-order valence-corrected chi connectivity index (χ2v) is 6.35. The second-order valence-electron chi connectivity index (χ2n) is 6.35.